The molecule has 2 rings (SSSR count). The molecule has 0 aromatic heterocycles. The minimum absolute atomic E-state index is 0.348. The first kappa shape index (κ1) is 13.9. The molecule has 0 aliphatic heterocycles. The lowest BCUT2D eigenvalue weighted by Gasteiger charge is -2.07. The molecule has 4 N–H and O–H groups in total. The Labute approximate surface area is 120 Å². The Hall–Kier alpha value is -2.53. The minimum Gasteiger partial charge on any atom is -0.399 e. The van der Waals surface area contributed by atoms with E-state index in [1.54, 1.807) is 36.4 Å². The summed E-state index contributed by atoms with van der Waals surface area (Å²) >= 11 is 5.79. The second-order valence-electron chi connectivity index (χ2n) is 4.04. The summed E-state index contributed by atoms with van der Waals surface area (Å²) in [4.78, 5) is 23.4. The van der Waals surface area contributed by atoms with Crippen LogP contribution in [0.15, 0.2) is 48.5 Å². The zero-order valence-electron chi connectivity index (χ0n) is 10.4. The van der Waals surface area contributed by atoms with Gasteiger partial charge >= 0.3 is 6.03 Å². The highest BCUT2D eigenvalue weighted by Gasteiger charge is 2.10. The molecule has 0 spiro atoms. The van der Waals surface area contributed by atoms with Crippen LogP contribution in [0.2, 0.25) is 5.02 Å². The molecule has 0 aliphatic rings. The molecule has 2 aromatic carbocycles. The number of halogens is 1. The molecule has 0 heterocycles. The van der Waals surface area contributed by atoms with E-state index in [0.29, 0.717) is 22.0 Å². The maximum Gasteiger partial charge on any atom is 0.326 e. The van der Waals surface area contributed by atoms with Gasteiger partial charge in [0.1, 0.15) is 0 Å². The van der Waals surface area contributed by atoms with Crippen molar-refractivity contribution < 1.29 is 9.59 Å². The highest BCUT2D eigenvalue weighted by Crippen LogP contribution is 2.14. The predicted molar refractivity (Wildman–Crippen MR) is 78.8 cm³/mol. The smallest absolute Gasteiger partial charge is 0.326 e. The van der Waals surface area contributed by atoms with E-state index >= 15 is 0 Å². The van der Waals surface area contributed by atoms with E-state index in [4.69, 9.17) is 17.3 Å². The van der Waals surface area contributed by atoms with Gasteiger partial charge in [-0.3, -0.25) is 10.1 Å². The number of hydrogen-bond donors (Lipinski definition) is 3. The second kappa shape index (κ2) is 6.08. The summed E-state index contributed by atoms with van der Waals surface area (Å²) in [5, 5.41) is 5.22. The molecule has 0 unspecified atom stereocenters. The third kappa shape index (κ3) is 3.73. The molecule has 0 bridgehead atoms. The number of anilines is 2. The molecule has 20 heavy (non-hydrogen) atoms. The van der Waals surface area contributed by atoms with Crippen LogP contribution in [-0.4, -0.2) is 11.9 Å². The maximum absolute atomic E-state index is 11.8. The number of carbonyl (C=O) groups excluding carboxylic acids is 2. The first-order valence-electron chi connectivity index (χ1n) is 5.78. The number of nitrogens with one attached hydrogen (secondary N) is 2. The number of amides is 3. The van der Waals surface area contributed by atoms with E-state index < -0.39 is 11.9 Å². The molecular weight excluding hydrogens is 278 g/mol. The van der Waals surface area contributed by atoms with Gasteiger partial charge in [-0.1, -0.05) is 17.7 Å². The van der Waals surface area contributed by atoms with Gasteiger partial charge in [0.15, 0.2) is 0 Å². The Balaban J connectivity index is 1.97. The zero-order chi connectivity index (χ0) is 14.5. The maximum atomic E-state index is 11.8. The van der Waals surface area contributed by atoms with Crippen molar-refractivity contribution in [1.82, 2.24) is 5.32 Å². The van der Waals surface area contributed by atoms with Crippen molar-refractivity contribution in [2.75, 3.05) is 11.1 Å². The summed E-state index contributed by atoms with van der Waals surface area (Å²) in [7, 11) is 0. The van der Waals surface area contributed by atoms with Crippen LogP contribution >= 0.6 is 11.6 Å². The van der Waals surface area contributed by atoms with Crippen LogP contribution in [-0.2, 0) is 0 Å². The molecule has 0 atom stereocenters. The number of nitrogens with two attached hydrogens (primary N) is 1. The molecule has 5 nitrogen and oxygen atoms in total. The van der Waals surface area contributed by atoms with Crippen LogP contribution in [0.4, 0.5) is 16.2 Å². The predicted octanol–water partition coefficient (Wildman–Crippen LogP) is 2.88. The quantitative estimate of drug-likeness (QED) is 0.743. The topological polar surface area (TPSA) is 84.2 Å². The Bertz CT molecular complexity index is 641. The first-order valence-corrected chi connectivity index (χ1v) is 6.16. The number of hydrogen-bond acceptors (Lipinski definition) is 3. The monoisotopic (exact) mass is 289 g/mol. The molecule has 0 radical (unpaired) electrons. The average molecular weight is 290 g/mol. The Kier molecular flexibility index (Phi) is 4.22. The third-order valence-electron chi connectivity index (χ3n) is 2.48. The Morgan fingerprint density at radius 1 is 1.05 bits per heavy atom. The number of benzene rings is 2. The zero-order valence-corrected chi connectivity index (χ0v) is 11.1. The summed E-state index contributed by atoms with van der Waals surface area (Å²) in [6.45, 7) is 0. The fourth-order valence-electron chi connectivity index (χ4n) is 1.54. The summed E-state index contributed by atoms with van der Waals surface area (Å²) in [6, 6.07) is 12.2. The average Bonchev–Trinajstić information content (AvgIpc) is 2.39. The summed E-state index contributed by atoms with van der Waals surface area (Å²) in [6.07, 6.45) is 0. The van der Waals surface area contributed by atoms with Crippen molar-refractivity contribution in [1.29, 1.82) is 0 Å². The Morgan fingerprint density at radius 2 is 1.75 bits per heavy atom. The SMILES string of the molecule is Nc1ccc(C(=O)NC(=O)Nc2cccc(Cl)c2)cc1. The van der Waals surface area contributed by atoms with E-state index in [-0.39, 0.29) is 0 Å². The van der Waals surface area contributed by atoms with Gasteiger partial charge in [-0.05, 0) is 42.5 Å². The van der Waals surface area contributed by atoms with Crippen molar-refractivity contribution in [3.8, 4) is 0 Å². The van der Waals surface area contributed by atoms with Crippen molar-refractivity contribution >= 4 is 34.9 Å². The number of nitrogen functional groups attached to an aromatic ring is 1. The van der Waals surface area contributed by atoms with Gasteiger partial charge in [0.2, 0.25) is 0 Å². The van der Waals surface area contributed by atoms with E-state index in [1.165, 1.54) is 12.1 Å². The number of imide groups is 1. The Morgan fingerprint density at radius 3 is 2.40 bits per heavy atom. The van der Waals surface area contributed by atoms with E-state index in [9.17, 15) is 9.59 Å². The molecule has 0 aliphatic carbocycles. The molecule has 0 saturated carbocycles. The van der Waals surface area contributed by atoms with Gasteiger partial charge in [-0.25, -0.2) is 4.79 Å². The van der Waals surface area contributed by atoms with Crippen molar-refractivity contribution in [3.05, 3.63) is 59.1 Å². The second-order valence-corrected chi connectivity index (χ2v) is 4.48. The molecule has 3 amide bonds. The summed E-state index contributed by atoms with van der Waals surface area (Å²) in [5.74, 6) is -0.510. The van der Waals surface area contributed by atoms with Crippen molar-refractivity contribution in [3.63, 3.8) is 0 Å². The molecule has 102 valence electrons. The molecular formula is C14H12ClN3O2. The molecule has 0 saturated heterocycles. The normalized spacial score (nSPS) is 9.85. The fraction of sp³-hybridized carbons (Fsp3) is 0. The number of carbonyl (C=O) groups is 2. The van der Waals surface area contributed by atoms with E-state index in [0.717, 1.165) is 0 Å². The molecule has 0 fully saturated rings. The van der Waals surface area contributed by atoms with Gasteiger partial charge in [-0.2, -0.15) is 0 Å². The van der Waals surface area contributed by atoms with Crippen LogP contribution in [0, 0.1) is 0 Å². The minimum atomic E-state index is -0.630. The van der Waals surface area contributed by atoms with Crippen molar-refractivity contribution in [2.24, 2.45) is 0 Å². The van der Waals surface area contributed by atoms with E-state index in [1.807, 2.05) is 0 Å². The molecule has 2 aromatic rings. The highest BCUT2D eigenvalue weighted by molar-refractivity contribution is 6.30. The van der Waals surface area contributed by atoms with Gasteiger partial charge in [0, 0.05) is 22.0 Å². The standard InChI is InChI=1S/C14H12ClN3O2/c15-10-2-1-3-12(8-10)17-14(20)18-13(19)9-4-6-11(16)7-5-9/h1-8H,16H2,(H2,17,18,19,20). The van der Waals surface area contributed by atoms with Gasteiger partial charge in [0.25, 0.3) is 5.91 Å². The summed E-state index contributed by atoms with van der Waals surface area (Å²) in [5.41, 5.74) is 6.91. The first-order chi connectivity index (χ1) is 9.54. The third-order valence-corrected chi connectivity index (χ3v) is 2.72. The lowest BCUT2D eigenvalue weighted by atomic mass is 10.2. The number of rotatable bonds is 2. The van der Waals surface area contributed by atoms with Gasteiger partial charge in [0.05, 0.1) is 0 Å². The number of urea groups is 1. The van der Waals surface area contributed by atoms with Crippen LogP contribution in [0.3, 0.4) is 0 Å². The van der Waals surface area contributed by atoms with Crippen LogP contribution in [0.1, 0.15) is 10.4 Å². The van der Waals surface area contributed by atoms with E-state index in [2.05, 4.69) is 10.6 Å². The molecule has 6 heteroatoms. The highest BCUT2D eigenvalue weighted by atomic mass is 35.5. The fourth-order valence-corrected chi connectivity index (χ4v) is 1.73. The summed E-state index contributed by atoms with van der Waals surface area (Å²) < 4.78 is 0. The van der Waals surface area contributed by atoms with Crippen LogP contribution in [0.25, 0.3) is 0 Å². The lowest BCUT2D eigenvalue weighted by Crippen LogP contribution is -2.34. The lowest BCUT2D eigenvalue weighted by molar-refractivity contribution is 0.0967. The van der Waals surface area contributed by atoms with Gasteiger partial charge in [-0.15, -0.1) is 0 Å². The van der Waals surface area contributed by atoms with Gasteiger partial charge < -0.3 is 11.1 Å². The van der Waals surface area contributed by atoms with Crippen LogP contribution in [0.5, 0.6) is 0 Å². The van der Waals surface area contributed by atoms with Crippen LogP contribution < -0.4 is 16.4 Å². The van der Waals surface area contributed by atoms with Crippen molar-refractivity contribution in [2.45, 2.75) is 0 Å². The largest absolute Gasteiger partial charge is 0.399 e.